The predicted octanol–water partition coefficient (Wildman–Crippen LogP) is 6.84. The third-order valence-electron chi connectivity index (χ3n) is 6.20. The van der Waals surface area contributed by atoms with E-state index in [0.717, 1.165) is 19.3 Å². The number of nitrogens with one attached hydrogen (secondary N) is 1. The van der Waals surface area contributed by atoms with Gasteiger partial charge in [0, 0.05) is 11.7 Å². The minimum atomic E-state index is 0.327. The van der Waals surface area contributed by atoms with Crippen LogP contribution in [0, 0.1) is 0 Å². The first kappa shape index (κ1) is 18.0. The third kappa shape index (κ3) is 3.31. The molecule has 2 aliphatic carbocycles. The summed E-state index contributed by atoms with van der Waals surface area (Å²) in [5.74, 6) is 0. The molecule has 0 bridgehead atoms. The molecule has 1 heteroatoms. The van der Waals surface area contributed by atoms with Gasteiger partial charge >= 0.3 is 0 Å². The summed E-state index contributed by atoms with van der Waals surface area (Å²) in [7, 11) is 0. The van der Waals surface area contributed by atoms with E-state index in [9.17, 15) is 0 Å². The second-order valence-electron chi connectivity index (χ2n) is 8.27. The second-order valence-corrected chi connectivity index (χ2v) is 8.27. The summed E-state index contributed by atoms with van der Waals surface area (Å²) in [6.07, 6.45) is 10.3. The molecule has 0 aromatic heterocycles. The van der Waals surface area contributed by atoms with Crippen LogP contribution in [0.5, 0.6) is 0 Å². The molecule has 29 heavy (non-hydrogen) atoms. The first-order valence-corrected chi connectivity index (χ1v) is 10.6. The van der Waals surface area contributed by atoms with E-state index in [1.165, 1.54) is 50.3 Å². The SMILES string of the molecule is CC1=CCC2=C(CCC3=C2NC(C)C=C3c2ccccc2)C(c2ccccc2)=C1. The highest BCUT2D eigenvalue weighted by Gasteiger charge is 2.30. The topological polar surface area (TPSA) is 12.0 Å². The molecular weight excluding hydrogens is 350 g/mol. The van der Waals surface area contributed by atoms with Crippen LogP contribution in [0.4, 0.5) is 0 Å². The van der Waals surface area contributed by atoms with Crippen molar-refractivity contribution >= 4 is 11.1 Å². The monoisotopic (exact) mass is 377 g/mol. The van der Waals surface area contributed by atoms with Gasteiger partial charge in [-0.15, -0.1) is 0 Å². The van der Waals surface area contributed by atoms with Crippen molar-refractivity contribution in [1.82, 2.24) is 5.32 Å². The van der Waals surface area contributed by atoms with E-state index in [1.54, 1.807) is 0 Å². The Morgan fingerprint density at radius 1 is 0.759 bits per heavy atom. The lowest BCUT2D eigenvalue weighted by molar-refractivity contribution is 0.692. The van der Waals surface area contributed by atoms with Crippen LogP contribution in [-0.4, -0.2) is 6.04 Å². The van der Waals surface area contributed by atoms with Crippen molar-refractivity contribution in [2.75, 3.05) is 0 Å². The quantitative estimate of drug-likeness (QED) is 0.604. The van der Waals surface area contributed by atoms with Crippen molar-refractivity contribution in [3.63, 3.8) is 0 Å². The minimum Gasteiger partial charge on any atom is -0.379 e. The Morgan fingerprint density at radius 2 is 1.38 bits per heavy atom. The molecule has 144 valence electrons. The van der Waals surface area contributed by atoms with Gasteiger partial charge in [-0.3, -0.25) is 0 Å². The van der Waals surface area contributed by atoms with Crippen LogP contribution >= 0.6 is 0 Å². The van der Waals surface area contributed by atoms with Crippen molar-refractivity contribution in [2.24, 2.45) is 0 Å². The summed E-state index contributed by atoms with van der Waals surface area (Å²) in [4.78, 5) is 0. The molecule has 1 heterocycles. The van der Waals surface area contributed by atoms with Crippen LogP contribution in [0.1, 0.15) is 44.2 Å². The zero-order valence-electron chi connectivity index (χ0n) is 17.2. The first-order valence-electron chi connectivity index (χ1n) is 10.6. The van der Waals surface area contributed by atoms with Crippen LogP contribution in [0.3, 0.4) is 0 Å². The number of dihydropyridines is 1. The van der Waals surface area contributed by atoms with Crippen molar-refractivity contribution < 1.29 is 0 Å². The Labute approximate surface area is 173 Å². The number of hydrogen-bond acceptors (Lipinski definition) is 1. The van der Waals surface area contributed by atoms with Crippen molar-refractivity contribution in [3.05, 3.63) is 118 Å². The molecule has 1 unspecified atom stereocenters. The molecule has 1 nitrogen and oxygen atoms in total. The lowest BCUT2D eigenvalue weighted by Crippen LogP contribution is -2.31. The molecular formula is C28H27N. The molecule has 5 rings (SSSR count). The summed E-state index contributed by atoms with van der Waals surface area (Å²) in [6.45, 7) is 4.48. The van der Waals surface area contributed by atoms with Crippen LogP contribution in [-0.2, 0) is 0 Å². The van der Waals surface area contributed by atoms with Crippen molar-refractivity contribution in [2.45, 2.75) is 39.2 Å². The Morgan fingerprint density at radius 3 is 2.07 bits per heavy atom. The molecule has 1 atom stereocenters. The number of benzene rings is 2. The summed E-state index contributed by atoms with van der Waals surface area (Å²) in [6, 6.07) is 22.1. The van der Waals surface area contributed by atoms with E-state index in [1.807, 2.05) is 0 Å². The number of fused-ring (bicyclic) bond motifs is 1. The molecule has 0 saturated carbocycles. The van der Waals surface area contributed by atoms with Gasteiger partial charge in [0.05, 0.1) is 0 Å². The van der Waals surface area contributed by atoms with E-state index in [0.29, 0.717) is 6.04 Å². The summed E-state index contributed by atoms with van der Waals surface area (Å²) >= 11 is 0. The summed E-state index contributed by atoms with van der Waals surface area (Å²) < 4.78 is 0. The maximum atomic E-state index is 3.82. The fraction of sp³-hybridized carbons (Fsp3) is 0.214. The maximum Gasteiger partial charge on any atom is 0.0425 e. The Hall–Kier alpha value is -3.06. The predicted molar refractivity (Wildman–Crippen MR) is 123 cm³/mol. The van der Waals surface area contributed by atoms with Crippen molar-refractivity contribution in [1.29, 1.82) is 0 Å². The van der Waals surface area contributed by atoms with Gasteiger partial charge in [-0.05, 0) is 72.1 Å². The number of hydrogen-bond donors (Lipinski definition) is 1. The Kier molecular flexibility index (Phi) is 4.60. The molecule has 0 fully saturated rings. The van der Waals surface area contributed by atoms with E-state index in [2.05, 4.69) is 98.1 Å². The largest absolute Gasteiger partial charge is 0.379 e. The zero-order valence-corrected chi connectivity index (χ0v) is 17.2. The average molecular weight is 378 g/mol. The van der Waals surface area contributed by atoms with E-state index in [4.69, 9.17) is 0 Å². The van der Waals surface area contributed by atoms with Crippen LogP contribution in [0.15, 0.2) is 107 Å². The van der Waals surface area contributed by atoms with E-state index < -0.39 is 0 Å². The summed E-state index contributed by atoms with van der Waals surface area (Å²) in [5, 5.41) is 3.82. The van der Waals surface area contributed by atoms with Gasteiger partial charge in [-0.25, -0.2) is 0 Å². The normalized spacial score (nSPS) is 21.3. The fourth-order valence-electron chi connectivity index (χ4n) is 4.85. The Balaban J connectivity index is 1.67. The van der Waals surface area contributed by atoms with Gasteiger partial charge in [-0.2, -0.15) is 0 Å². The second kappa shape index (κ2) is 7.40. The van der Waals surface area contributed by atoms with Gasteiger partial charge in [0.15, 0.2) is 0 Å². The Bertz CT molecular complexity index is 1090. The molecule has 3 aliphatic rings. The third-order valence-corrected chi connectivity index (χ3v) is 6.20. The lowest BCUT2D eigenvalue weighted by atomic mass is 9.77. The minimum absolute atomic E-state index is 0.327. The van der Waals surface area contributed by atoms with Crippen molar-refractivity contribution in [3.8, 4) is 0 Å². The van der Waals surface area contributed by atoms with Gasteiger partial charge in [0.25, 0.3) is 0 Å². The number of allylic oxidation sites excluding steroid dienone is 8. The fourth-order valence-corrected chi connectivity index (χ4v) is 4.85. The molecule has 1 aliphatic heterocycles. The molecule has 0 spiro atoms. The lowest BCUT2D eigenvalue weighted by Gasteiger charge is -2.34. The highest BCUT2D eigenvalue weighted by atomic mass is 14.9. The van der Waals surface area contributed by atoms with Crippen LogP contribution < -0.4 is 5.32 Å². The molecule has 0 saturated heterocycles. The molecule has 0 amide bonds. The summed E-state index contributed by atoms with van der Waals surface area (Å²) in [5.41, 5.74) is 12.6. The smallest absolute Gasteiger partial charge is 0.0425 e. The highest BCUT2D eigenvalue weighted by Crippen LogP contribution is 2.45. The molecule has 1 N–H and O–H groups in total. The van der Waals surface area contributed by atoms with Gasteiger partial charge in [0.1, 0.15) is 0 Å². The van der Waals surface area contributed by atoms with Crippen LogP contribution in [0.2, 0.25) is 0 Å². The molecule has 2 aromatic rings. The maximum absolute atomic E-state index is 3.82. The highest BCUT2D eigenvalue weighted by molar-refractivity contribution is 5.88. The standard InChI is InChI=1S/C28H27N/c1-19-13-14-24-23(26(17-19)21-9-5-3-6-10-21)15-16-25-27(18-20(2)29-28(24)25)22-11-7-4-8-12-22/h3-13,17-18,20,29H,14-16H2,1-2H3. The van der Waals surface area contributed by atoms with Crippen LogP contribution in [0.25, 0.3) is 11.1 Å². The van der Waals surface area contributed by atoms with E-state index in [-0.39, 0.29) is 0 Å². The molecule has 0 radical (unpaired) electrons. The van der Waals surface area contributed by atoms with Gasteiger partial charge in [0.2, 0.25) is 0 Å². The van der Waals surface area contributed by atoms with E-state index >= 15 is 0 Å². The average Bonchev–Trinajstić information content (AvgIpc) is 2.93. The molecule has 2 aromatic carbocycles. The van der Waals surface area contributed by atoms with Gasteiger partial charge in [-0.1, -0.05) is 84.5 Å². The number of rotatable bonds is 2. The van der Waals surface area contributed by atoms with Gasteiger partial charge < -0.3 is 5.32 Å². The first-order chi connectivity index (χ1) is 14.2. The zero-order chi connectivity index (χ0) is 19.8.